The first-order chi connectivity index (χ1) is 18.0. The Labute approximate surface area is 228 Å². The van der Waals surface area contributed by atoms with Gasteiger partial charge in [-0.25, -0.2) is 0 Å². The summed E-state index contributed by atoms with van der Waals surface area (Å²) in [6.45, 7) is 4.90. The van der Waals surface area contributed by atoms with Gasteiger partial charge in [0.15, 0.2) is 5.16 Å². The van der Waals surface area contributed by atoms with E-state index in [0.717, 1.165) is 48.1 Å². The highest BCUT2D eigenvalue weighted by Gasteiger charge is 2.15. The van der Waals surface area contributed by atoms with Crippen LogP contribution in [-0.2, 0) is 23.4 Å². The summed E-state index contributed by atoms with van der Waals surface area (Å²) >= 11 is 7.98. The van der Waals surface area contributed by atoms with Crippen molar-refractivity contribution in [1.82, 2.24) is 20.1 Å². The molecule has 0 fully saturated rings. The van der Waals surface area contributed by atoms with Crippen molar-refractivity contribution in [1.29, 1.82) is 0 Å². The zero-order valence-electron chi connectivity index (χ0n) is 21.4. The molecule has 1 aromatic heterocycles. The molecule has 1 heterocycles. The third-order valence-electron chi connectivity index (χ3n) is 6.05. The minimum Gasteiger partial charge on any atom is -0.356 e. The molecule has 1 amide bonds. The van der Waals surface area contributed by atoms with Crippen LogP contribution in [0, 0.1) is 13.8 Å². The van der Waals surface area contributed by atoms with Gasteiger partial charge in [-0.2, -0.15) is 0 Å². The Morgan fingerprint density at radius 1 is 0.892 bits per heavy atom. The van der Waals surface area contributed by atoms with Crippen molar-refractivity contribution in [3.8, 4) is 5.69 Å². The average Bonchev–Trinajstić information content (AvgIpc) is 3.28. The second kappa shape index (κ2) is 13.5. The molecule has 0 unspecified atom stereocenters. The lowest BCUT2D eigenvalue weighted by atomic mass is 10.1. The maximum atomic E-state index is 12.3. The highest BCUT2D eigenvalue weighted by Crippen LogP contribution is 2.28. The smallest absolute Gasteiger partial charge is 0.220 e. The number of rotatable bonds is 12. The van der Waals surface area contributed by atoms with Crippen LogP contribution in [0.15, 0.2) is 78.0 Å². The monoisotopic (exact) mass is 532 g/mol. The van der Waals surface area contributed by atoms with Gasteiger partial charge in [0.1, 0.15) is 5.82 Å². The topological polar surface area (TPSA) is 59.8 Å². The Morgan fingerprint density at radius 3 is 2.43 bits per heavy atom. The van der Waals surface area contributed by atoms with Crippen molar-refractivity contribution >= 4 is 29.3 Å². The number of thioether (sulfide) groups is 1. The lowest BCUT2D eigenvalue weighted by Gasteiger charge is -2.11. The third kappa shape index (κ3) is 8.20. The number of unbranched alkanes of at least 4 members (excludes halogenated alkanes) is 1. The summed E-state index contributed by atoms with van der Waals surface area (Å²) in [5.41, 5.74) is 5.97. The summed E-state index contributed by atoms with van der Waals surface area (Å²) in [4.78, 5) is 12.3. The lowest BCUT2D eigenvalue weighted by molar-refractivity contribution is -0.121. The number of hydrogen-bond donors (Lipinski definition) is 1. The van der Waals surface area contributed by atoms with E-state index >= 15 is 0 Å². The summed E-state index contributed by atoms with van der Waals surface area (Å²) in [7, 11) is 0. The minimum absolute atomic E-state index is 0.0944. The van der Waals surface area contributed by atoms with Gasteiger partial charge in [-0.15, -0.1) is 10.2 Å². The molecule has 3 aromatic carbocycles. The number of halogens is 1. The average molecular weight is 533 g/mol. The quantitative estimate of drug-likeness (QED) is 0.159. The standard InChI is InChI=1S/C30H33ClN4OS/c1-22-17-23(2)19-25(18-22)21-37-30-34-33-28(35(30)27-12-8-11-26(31)20-27)13-6-7-14-29(36)32-16-15-24-9-4-3-5-10-24/h3-5,8-12,17-20H,6-7,13-16,21H2,1-2H3,(H,32,36). The molecule has 0 saturated carbocycles. The fraction of sp³-hybridized carbons (Fsp3) is 0.300. The second-order valence-corrected chi connectivity index (χ2v) is 10.7. The van der Waals surface area contributed by atoms with Crippen LogP contribution in [-0.4, -0.2) is 27.2 Å². The predicted octanol–water partition coefficient (Wildman–Crippen LogP) is 6.90. The maximum Gasteiger partial charge on any atom is 0.220 e. The van der Waals surface area contributed by atoms with E-state index in [4.69, 9.17) is 11.6 Å². The molecule has 0 aliphatic rings. The van der Waals surface area contributed by atoms with E-state index in [1.807, 2.05) is 42.5 Å². The Kier molecular flexibility index (Phi) is 9.80. The fourth-order valence-electron chi connectivity index (χ4n) is 4.38. The number of amides is 1. The van der Waals surface area contributed by atoms with Gasteiger partial charge in [0, 0.05) is 30.2 Å². The van der Waals surface area contributed by atoms with Gasteiger partial charge in [-0.3, -0.25) is 9.36 Å². The zero-order chi connectivity index (χ0) is 26.0. The van der Waals surface area contributed by atoms with Gasteiger partial charge in [0.25, 0.3) is 0 Å². The molecule has 0 aliphatic heterocycles. The molecule has 1 N–H and O–H groups in total. The molecule has 5 nitrogen and oxygen atoms in total. The van der Waals surface area contributed by atoms with Crippen molar-refractivity contribution in [2.45, 2.75) is 56.9 Å². The van der Waals surface area contributed by atoms with Crippen LogP contribution in [0.3, 0.4) is 0 Å². The third-order valence-corrected chi connectivity index (χ3v) is 7.28. The van der Waals surface area contributed by atoms with Crippen molar-refractivity contribution in [3.05, 3.63) is 106 Å². The Bertz CT molecular complexity index is 1300. The molecular weight excluding hydrogens is 500 g/mol. The van der Waals surface area contributed by atoms with E-state index in [0.29, 0.717) is 18.0 Å². The Balaban J connectivity index is 1.34. The largest absolute Gasteiger partial charge is 0.356 e. The summed E-state index contributed by atoms with van der Waals surface area (Å²) in [6, 6.07) is 24.6. The van der Waals surface area contributed by atoms with E-state index in [9.17, 15) is 4.79 Å². The molecule has 0 bridgehead atoms. The van der Waals surface area contributed by atoms with Crippen LogP contribution in [0.2, 0.25) is 5.02 Å². The number of aryl methyl sites for hydroxylation is 3. The van der Waals surface area contributed by atoms with Crippen LogP contribution in [0.25, 0.3) is 5.69 Å². The number of aromatic nitrogens is 3. The lowest BCUT2D eigenvalue weighted by Crippen LogP contribution is -2.25. The van der Waals surface area contributed by atoms with Crippen LogP contribution >= 0.6 is 23.4 Å². The highest BCUT2D eigenvalue weighted by atomic mass is 35.5. The van der Waals surface area contributed by atoms with E-state index in [1.165, 1.54) is 22.3 Å². The van der Waals surface area contributed by atoms with Gasteiger partial charge in [0.2, 0.25) is 5.91 Å². The number of carbonyl (C=O) groups excluding carboxylic acids is 1. The molecule has 0 saturated heterocycles. The van der Waals surface area contributed by atoms with Crippen molar-refractivity contribution < 1.29 is 4.79 Å². The zero-order valence-corrected chi connectivity index (χ0v) is 23.0. The van der Waals surface area contributed by atoms with Crippen LogP contribution in [0.4, 0.5) is 0 Å². The SMILES string of the molecule is Cc1cc(C)cc(CSc2nnc(CCCCC(=O)NCCc3ccccc3)n2-c2cccc(Cl)c2)c1. The van der Waals surface area contributed by atoms with Gasteiger partial charge in [-0.1, -0.05) is 89.1 Å². The van der Waals surface area contributed by atoms with Gasteiger partial charge in [0.05, 0.1) is 5.69 Å². The van der Waals surface area contributed by atoms with Crippen LogP contribution < -0.4 is 5.32 Å². The summed E-state index contributed by atoms with van der Waals surface area (Å²) in [5, 5.41) is 13.6. The Morgan fingerprint density at radius 2 is 1.68 bits per heavy atom. The van der Waals surface area contributed by atoms with E-state index < -0.39 is 0 Å². The van der Waals surface area contributed by atoms with Crippen molar-refractivity contribution in [3.63, 3.8) is 0 Å². The highest BCUT2D eigenvalue weighted by molar-refractivity contribution is 7.98. The predicted molar refractivity (Wildman–Crippen MR) is 153 cm³/mol. The summed E-state index contributed by atoms with van der Waals surface area (Å²) < 4.78 is 2.10. The van der Waals surface area contributed by atoms with Crippen LogP contribution in [0.5, 0.6) is 0 Å². The molecule has 192 valence electrons. The number of benzene rings is 3. The van der Waals surface area contributed by atoms with E-state index in [-0.39, 0.29) is 5.91 Å². The number of nitrogens with one attached hydrogen (secondary N) is 1. The first kappa shape index (κ1) is 27.0. The molecule has 0 atom stereocenters. The molecule has 4 rings (SSSR count). The molecule has 0 aliphatic carbocycles. The normalized spacial score (nSPS) is 11.0. The van der Waals surface area contributed by atoms with E-state index in [1.54, 1.807) is 11.8 Å². The molecule has 7 heteroatoms. The Hall–Kier alpha value is -3.09. The van der Waals surface area contributed by atoms with Gasteiger partial charge >= 0.3 is 0 Å². The molecular formula is C30H33ClN4OS. The summed E-state index contributed by atoms with van der Waals surface area (Å²) in [6.07, 6.45) is 3.74. The first-order valence-electron chi connectivity index (χ1n) is 12.7. The molecule has 0 radical (unpaired) electrons. The first-order valence-corrected chi connectivity index (χ1v) is 14.0. The van der Waals surface area contributed by atoms with Crippen LogP contribution in [0.1, 0.15) is 47.3 Å². The number of nitrogens with zero attached hydrogens (tertiary/aromatic N) is 3. The van der Waals surface area contributed by atoms with E-state index in [2.05, 4.69) is 64.3 Å². The molecule has 4 aromatic rings. The summed E-state index contributed by atoms with van der Waals surface area (Å²) in [5.74, 6) is 1.79. The number of hydrogen-bond acceptors (Lipinski definition) is 4. The maximum absolute atomic E-state index is 12.3. The molecule has 0 spiro atoms. The van der Waals surface area contributed by atoms with Crippen molar-refractivity contribution in [2.24, 2.45) is 0 Å². The number of carbonyl (C=O) groups is 1. The second-order valence-electron chi connectivity index (χ2n) is 9.29. The van der Waals surface area contributed by atoms with Gasteiger partial charge < -0.3 is 5.32 Å². The minimum atomic E-state index is 0.0944. The molecule has 37 heavy (non-hydrogen) atoms. The van der Waals surface area contributed by atoms with Gasteiger partial charge in [-0.05, 0) is 62.4 Å². The van der Waals surface area contributed by atoms with Crippen molar-refractivity contribution in [2.75, 3.05) is 6.54 Å². The fourth-order valence-corrected chi connectivity index (χ4v) is 5.46.